The van der Waals surface area contributed by atoms with Crippen molar-refractivity contribution in [3.05, 3.63) is 44.7 Å². The fraction of sp³-hybridized carbons (Fsp3) is 0.400. The van der Waals surface area contributed by atoms with Crippen LogP contribution in [0.2, 0.25) is 0 Å². The standard InChI is InChI=1S/C20H21N5OS3/c21-12-16-15-5-1-2-6-17(15)29-19(16)23-18(26)8-11-28-20-24-22-13-25(20)9-7-14-4-3-10-27-14/h3-4,10,13H,1-2,5-9,11H2,(H,23,26). The van der Waals surface area contributed by atoms with Gasteiger partial charge in [0.2, 0.25) is 5.91 Å². The average Bonchev–Trinajstić information content (AvgIpc) is 3.46. The van der Waals surface area contributed by atoms with Gasteiger partial charge in [-0.15, -0.1) is 32.9 Å². The molecule has 0 saturated heterocycles. The van der Waals surface area contributed by atoms with Crippen LogP contribution in [0.25, 0.3) is 0 Å². The Morgan fingerprint density at radius 3 is 3.10 bits per heavy atom. The van der Waals surface area contributed by atoms with Crippen molar-refractivity contribution in [1.82, 2.24) is 14.8 Å². The fourth-order valence-corrected chi connectivity index (χ4v) is 6.22. The van der Waals surface area contributed by atoms with Gasteiger partial charge in [0, 0.05) is 28.5 Å². The van der Waals surface area contributed by atoms with Crippen molar-refractivity contribution in [2.75, 3.05) is 11.1 Å². The van der Waals surface area contributed by atoms with Crippen molar-refractivity contribution in [3.8, 4) is 6.07 Å². The third-order valence-corrected chi connectivity index (χ3v) is 7.98. The number of aryl methyl sites for hydroxylation is 3. The first-order valence-electron chi connectivity index (χ1n) is 9.62. The first-order chi connectivity index (χ1) is 14.2. The van der Waals surface area contributed by atoms with Gasteiger partial charge in [0.05, 0.1) is 5.56 Å². The van der Waals surface area contributed by atoms with Gasteiger partial charge >= 0.3 is 0 Å². The van der Waals surface area contributed by atoms with Gasteiger partial charge in [-0.2, -0.15) is 5.26 Å². The molecular formula is C20H21N5OS3. The number of anilines is 1. The van der Waals surface area contributed by atoms with E-state index in [1.54, 1.807) is 29.0 Å². The molecule has 9 heteroatoms. The number of nitriles is 1. The fourth-order valence-electron chi connectivity index (χ4n) is 3.39. The molecule has 0 spiro atoms. The zero-order valence-electron chi connectivity index (χ0n) is 15.9. The number of nitrogens with one attached hydrogen (secondary N) is 1. The Hall–Kier alpha value is -2.15. The number of hydrogen-bond acceptors (Lipinski definition) is 7. The van der Waals surface area contributed by atoms with Gasteiger partial charge in [0.25, 0.3) is 0 Å². The highest BCUT2D eigenvalue weighted by molar-refractivity contribution is 7.99. The molecule has 1 amide bonds. The first kappa shape index (κ1) is 20.1. The highest BCUT2D eigenvalue weighted by Crippen LogP contribution is 2.37. The molecule has 0 saturated carbocycles. The third-order valence-electron chi connectivity index (χ3n) is 4.86. The molecule has 0 aliphatic heterocycles. The van der Waals surface area contributed by atoms with Crippen LogP contribution < -0.4 is 5.32 Å². The summed E-state index contributed by atoms with van der Waals surface area (Å²) in [6.07, 6.45) is 7.30. The smallest absolute Gasteiger partial charge is 0.225 e. The van der Waals surface area contributed by atoms with Gasteiger partial charge in [0.15, 0.2) is 5.16 Å². The average molecular weight is 444 g/mol. The van der Waals surface area contributed by atoms with Crippen molar-refractivity contribution in [2.45, 2.75) is 50.2 Å². The summed E-state index contributed by atoms with van der Waals surface area (Å²) < 4.78 is 2.03. The minimum absolute atomic E-state index is 0.0581. The van der Waals surface area contributed by atoms with E-state index in [4.69, 9.17) is 0 Å². The predicted molar refractivity (Wildman–Crippen MR) is 118 cm³/mol. The normalized spacial score (nSPS) is 13.1. The van der Waals surface area contributed by atoms with Crippen LogP contribution in [0.5, 0.6) is 0 Å². The summed E-state index contributed by atoms with van der Waals surface area (Å²) in [4.78, 5) is 15.0. The second-order valence-corrected chi connectivity index (χ2v) is 10.0. The minimum Gasteiger partial charge on any atom is -0.317 e. The molecule has 1 aliphatic rings. The Kier molecular flexibility index (Phi) is 6.64. The Labute approximate surface area is 182 Å². The summed E-state index contributed by atoms with van der Waals surface area (Å²) in [7, 11) is 0. The summed E-state index contributed by atoms with van der Waals surface area (Å²) in [5, 5.41) is 24.3. The maximum atomic E-state index is 12.4. The highest BCUT2D eigenvalue weighted by atomic mass is 32.2. The number of thiophene rings is 2. The van der Waals surface area contributed by atoms with E-state index in [1.165, 1.54) is 21.5 Å². The van der Waals surface area contributed by atoms with Crippen molar-refractivity contribution in [1.29, 1.82) is 5.26 Å². The van der Waals surface area contributed by atoms with Crippen LogP contribution in [0.4, 0.5) is 5.00 Å². The van der Waals surface area contributed by atoms with Crippen LogP contribution in [0.3, 0.4) is 0 Å². The lowest BCUT2D eigenvalue weighted by Gasteiger charge is -2.09. The third kappa shape index (κ3) is 4.89. The molecule has 29 heavy (non-hydrogen) atoms. The summed E-state index contributed by atoms with van der Waals surface area (Å²) in [5.74, 6) is 0.563. The number of carbonyl (C=O) groups is 1. The second-order valence-electron chi connectivity index (χ2n) is 6.81. The molecule has 3 heterocycles. The molecule has 0 unspecified atom stereocenters. The number of hydrogen-bond donors (Lipinski definition) is 1. The summed E-state index contributed by atoms with van der Waals surface area (Å²) in [5.41, 5.74) is 1.81. The monoisotopic (exact) mass is 443 g/mol. The number of fused-ring (bicyclic) bond motifs is 1. The predicted octanol–water partition coefficient (Wildman–Crippen LogP) is 4.52. The van der Waals surface area contributed by atoms with E-state index >= 15 is 0 Å². The zero-order chi connectivity index (χ0) is 20.1. The number of amides is 1. The lowest BCUT2D eigenvalue weighted by molar-refractivity contribution is -0.115. The number of nitrogens with zero attached hydrogens (tertiary/aromatic N) is 4. The van der Waals surface area contributed by atoms with E-state index in [-0.39, 0.29) is 5.91 Å². The minimum atomic E-state index is -0.0581. The second kappa shape index (κ2) is 9.57. The molecule has 1 N–H and O–H groups in total. The molecular weight excluding hydrogens is 422 g/mol. The van der Waals surface area contributed by atoms with Crippen LogP contribution >= 0.6 is 34.4 Å². The quantitative estimate of drug-likeness (QED) is 0.518. The van der Waals surface area contributed by atoms with E-state index in [9.17, 15) is 10.1 Å². The molecule has 0 radical (unpaired) electrons. The van der Waals surface area contributed by atoms with Gasteiger partial charge < -0.3 is 9.88 Å². The van der Waals surface area contributed by atoms with Gasteiger partial charge in [-0.25, -0.2) is 0 Å². The Morgan fingerprint density at radius 1 is 1.38 bits per heavy atom. The maximum Gasteiger partial charge on any atom is 0.225 e. The van der Waals surface area contributed by atoms with Crippen molar-refractivity contribution >= 4 is 45.3 Å². The molecule has 4 rings (SSSR count). The van der Waals surface area contributed by atoms with Crippen LogP contribution in [0.1, 0.15) is 40.1 Å². The molecule has 3 aromatic rings. The molecule has 3 aromatic heterocycles. The lowest BCUT2D eigenvalue weighted by Crippen LogP contribution is -2.12. The van der Waals surface area contributed by atoms with Crippen LogP contribution in [0.15, 0.2) is 29.0 Å². The van der Waals surface area contributed by atoms with Gasteiger partial charge in [-0.1, -0.05) is 17.8 Å². The number of rotatable bonds is 8. The van der Waals surface area contributed by atoms with Crippen molar-refractivity contribution in [2.24, 2.45) is 0 Å². The topological polar surface area (TPSA) is 83.6 Å². The maximum absolute atomic E-state index is 12.4. The van der Waals surface area contributed by atoms with Crippen LogP contribution in [-0.4, -0.2) is 26.4 Å². The lowest BCUT2D eigenvalue weighted by atomic mass is 9.96. The largest absolute Gasteiger partial charge is 0.317 e. The van der Waals surface area contributed by atoms with E-state index in [2.05, 4.69) is 39.1 Å². The molecule has 0 aromatic carbocycles. The Balaban J connectivity index is 1.28. The number of thioether (sulfide) groups is 1. The van der Waals surface area contributed by atoms with E-state index in [1.807, 2.05) is 4.57 Å². The van der Waals surface area contributed by atoms with E-state index in [0.717, 1.165) is 49.4 Å². The van der Waals surface area contributed by atoms with Crippen molar-refractivity contribution < 1.29 is 4.79 Å². The summed E-state index contributed by atoms with van der Waals surface area (Å²) >= 11 is 4.85. The number of carbonyl (C=O) groups excluding carboxylic acids is 1. The Morgan fingerprint density at radius 2 is 2.28 bits per heavy atom. The summed E-state index contributed by atoms with van der Waals surface area (Å²) in [6.45, 7) is 0.828. The summed E-state index contributed by atoms with van der Waals surface area (Å²) in [6, 6.07) is 6.48. The van der Waals surface area contributed by atoms with Crippen molar-refractivity contribution in [3.63, 3.8) is 0 Å². The molecule has 0 atom stereocenters. The SMILES string of the molecule is N#Cc1c(NC(=O)CCSc2nncn2CCc2cccs2)sc2c1CCCC2. The number of aromatic nitrogens is 3. The molecule has 1 aliphatic carbocycles. The van der Waals surface area contributed by atoms with Gasteiger partial charge in [-0.3, -0.25) is 4.79 Å². The molecule has 0 fully saturated rings. The van der Waals surface area contributed by atoms with Gasteiger partial charge in [0.1, 0.15) is 17.4 Å². The molecule has 6 nitrogen and oxygen atoms in total. The molecule has 0 bridgehead atoms. The first-order valence-corrected chi connectivity index (χ1v) is 12.3. The van der Waals surface area contributed by atoms with Crippen LogP contribution in [0, 0.1) is 11.3 Å². The van der Waals surface area contributed by atoms with Crippen LogP contribution in [-0.2, 0) is 30.6 Å². The van der Waals surface area contributed by atoms with E-state index in [0.29, 0.717) is 22.7 Å². The van der Waals surface area contributed by atoms with Gasteiger partial charge in [-0.05, 0) is 49.1 Å². The Bertz CT molecular complexity index is 1020. The highest BCUT2D eigenvalue weighted by Gasteiger charge is 2.21. The molecule has 150 valence electrons. The zero-order valence-corrected chi connectivity index (χ0v) is 18.3. The van der Waals surface area contributed by atoms with E-state index < -0.39 is 0 Å².